The number of carbonyl (C=O) groups is 1. The van der Waals surface area contributed by atoms with Crippen LogP contribution in [-0.4, -0.2) is 98.2 Å². The SMILES string of the molecule is CC1(C)CCC(CN2CCN(c3ccc(C(=O)NS(=O)(=O)c4ccc(OCC5(F)CCC(F)(F)CC5)c([N+](=O)[O-])c4)c(N4CCOc5nc6[nH]ccc6cc54)c3)CC2)=C(c2ccc(Cl)cc2)C1. The Balaban J connectivity index is 0.967. The van der Waals surface area contributed by atoms with Crippen LogP contribution in [-0.2, 0) is 10.0 Å². The molecule has 19 heteroatoms. The largest absolute Gasteiger partial charge is 0.483 e. The molecular weight excluding hydrogens is 911 g/mol. The zero-order valence-electron chi connectivity index (χ0n) is 37.1. The maximum Gasteiger partial charge on any atom is 0.312 e. The molecule has 0 radical (unpaired) electrons. The number of sulfonamides is 1. The average Bonchev–Trinajstić information content (AvgIpc) is 3.77. The van der Waals surface area contributed by atoms with Gasteiger partial charge in [-0.2, -0.15) is 4.98 Å². The van der Waals surface area contributed by atoms with Crippen LogP contribution in [0.1, 0.15) is 74.7 Å². The second-order valence-corrected chi connectivity index (χ2v) is 20.9. The summed E-state index contributed by atoms with van der Waals surface area (Å²) in [4.78, 5) is 39.2. The number of carbonyl (C=O) groups excluding carboxylic acids is 1. The third kappa shape index (κ3) is 10.1. The summed E-state index contributed by atoms with van der Waals surface area (Å²) in [6, 6.07) is 19.8. The van der Waals surface area contributed by atoms with Gasteiger partial charge in [0.15, 0.2) is 5.75 Å². The molecule has 2 aromatic heterocycles. The number of nitro groups is 1. The van der Waals surface area contributed by atoms with Gasteiger partial charge in [-0.15, -0.1) is 0 Å². The molecule has 1 saturated carbocycles. The number of piperazine rings is 1. The first-order valence-corrected chi connectivity index (χ1v) is 24.2. The number of fused-ring (bicyclic) bond motifs is 2. The number of allylic oxidation sites excluding steroid dienone is 1. The summed E-state index contributed by atoms with van der Waals surface area (Å²) in [6.45, 7) is 8.23. The van der Waals surface area contributed by atoms with E-state index in [1.54, 1.807) is 18.3 Å². The van der Waals surface area contributed by atoms with E-state index in [-0.39, 0.29) is 17.6 Å². The Hall–Kier alpha value is -5.85. The van der Waals surface area contributed by atoms with Gasteiger partial charge >= 0.3 is 5.69 Å². The Kier molecular flexibility index (Phi) is 12.4. The molecule has 2 aliphatic heterocycles. The number of nitro benzene ring substituents is 1. The first-order valence-electron chi connectivity index (χ1n) is 22.4. The van der Waals surface area contributed by atoms with Crippen LogP contribution in [0.2, 0.25) is 5.02 Å². The van der Waals surface area contributed by atoms with Gasteiger partial charge in [0.25, 0.3) is 15.9 Å². The van der Waals surface area contributed by atoms with Crippen molar-refractivity contribution in [2.24, 2.45) is 5.41 Å². The highest BCUT2D eigenvalue weighted by atomic mass is 35.5. The zero-order valence-corrected chi connectivity index (χ0v) is 38.7. The number of ether oxygens (including phenoxy) is 2. The van der Waals surface area contributed by atoms with Gasteiger partial charge in [0.1, 0.15) is 30.2 Å². The maximum absolute atomic E-state index is 15.3. The minimum absolute atomic E-state index is 0.00983. The lowest BCUT2D eigenvalue weighted by molar-refractivity contribution is -0.386. The van der Waals surface area contributed by atoms with Crippen molar-refractivity contribution < 1.29 is 40.8 Å². The fraction of sp³-hybridized carbons (Fsp3) is 0.417. The van der Waals surface area contributed by atoms with Crippen LogP contribution in [0.4, 0.5) is 35.9 Å². The second kappa shape index (κ2) is 18.0. The zero-order chi connectivity index (χ0) is 47.3. The fourth-order valence-electron chi connectivity index (χ4n) is 9.47. The molecule has 354 valence electrons. The molecule has 9 rings (SSSR count). The number of pyridine rings is 1. The lowest BCUT2D eigenvalue weighted by Crippen LogP contribution is -2.47. The lowest BCUT2D eigenvalue weighted by Gasteiger charge is -2.39. The smallest absolute Gasteiger partial charge is 0.312 e. The fourth-order valence-corrected chi connectivity index (χ4v) is 10.6. The number of anilines is 3. The number of nitrogens with zero attached hydrogens (tertiary/aromatic N) is 5. The van der Waals surface area contributed by atoms with E-state index in [0.29, 0.717) is 53.6 Å². The van der Waals surface area contributed by atoms with Crippen molar-refractivity contribution in [1.29, 1.82) is 0 Å². The highest BCUT2D eigenvalue weighted by molar-refractivity contribution is 7.90. The van der Waals surface area contributed by atoms with Gasteiger partial charge in [-0.3, -0.25) is 19.8 Å². The van der Waals surface area contributed by atoms with Crippen LogP contribution in [0, 0.1) is 15.5 Å². The normalized spacial score (nSPS) is 19.4. The average molecular weight is 962 g/mol. The molecule has 67 heavy (non-hydrogen) atoms. The topological polar surface area (TPSA) is 163 Å². The van der Waals surface area contributed by atoms with E-state index in [0.717, 1.165) is 62.1 Å². The molecule has 4 heterocycles. The first-order chi connectivity index (χ1) is 31.8. The molecule has 0 unspecified atom stereocenters. The number of H-pyrrole nitrogens is 1. The Morgan fingerprint density at radius 1 is 0.940 bits per heavy atom. The molecule has 1 amide bonds. The van der Waals surface area contributed by atoms with E-state index >= 15 is 4.39 Å². The number of aromatic amines is 1. The minimum Gasteiger partial charge on any atom is -0.483 e. The van der Waals surface area contributed by atoms with Gasteiger partial charge in [-0.25, -0.2) is 26.3 Å². The Labute approximate surface area is 391 Å². The van der Waals surface area contributed by atoms with Crippen LogP contribution in [0.3, 0.4) is 0 Å². The predicted octanol–water partition coefficient (Wildman–Crippen LogP) is 9.86. The lowest BCUT2D eigenvalue weighted by atomic mass is 9.72. The van der Waals surface area contributed by atoms with Gasteiger partial charge < -0.3 is 24.3 Å². The van der Waals surface area contributed by atoms with Crippen molar-refractivity contribution in [3.8, 4) is 11.6 Å². The number of aromatic nitrogens is 2. The highest BCUT2D eigenvalue weighted by Gasteiger charge is 2.45. The van der Waals surface area contributed by atoms with Gasteiger partial charge in [0.05, 0.1) is 27.6 Å². The molecule has 0 spiro atoms. The highest BCUT2D eigenvalue weighted by Crippen LogP contribution is 2.45. The van der Waals surface area contributed by atoms with Crippen LogP contribution in [0.25, 0.3) is 16.6 Å². The molecule has 0 bridgehead atoms. The molecule has 2 aliphatic carbocycles. The summed E-state index contributed by atoms with van der Waals surface area (Å²) < 4.78 is 83.9. The molecule has 5 aromatic rings. The molecular formula is C48H51ClF3N7O7S. The van der Waals surface area contributed by atoms with Gasteiger partial charge in [-0.05, 0) is 103 Å². The molecule has 4 aliphatic rings. The van der Waals surface area contributed by atoms with E-state index in [2.05, 4.69) is 50.5 Å². The number of hydrogen-bond acceptors (Lipinski definition) is 11. The minimum atomic E-state index is -4.75. The van der Waals surface area contributed by atoms with Crippen molar-refractivity contribution in [3.63, 3.8) is 0 Å². The number of rotatable bonds is 12. The molecule has 3 aromatic carbocycles. The quantitative estimate of drug-likeness (QED) is 0.0904. The number of halogens is 4. The standard InChI is InChI=1S/C48H51ClF3N7O7S/c1-46(2)13-11-33(38(28-46)31-3-5-34(49)6-4-31)29-56-19-21-57(22-20-56)35-7-9-37(39(26-35)58-23-24-65-45-41(58)25-32-12-18-53-43(32)54-45)44(60)55-67(63,64)36-8-10-42(40(27-36)59(61)62)66-30-47(50)14-16-48(51,52)17-15-47/h3-10,12,18,25-27H,11,13-17,19-24,28-30H2,1-2H3,(H,53,54)(H,55,60). The van der Waals surface area contributed by atoms with Crippen molar-refractivity contribution in [3.05, 3.63) is 111 Å². The van der Waals surface area contributed by atoms with Crippen molar-refractivity contribution in [1.82, 2.24) is 19.6 Å². The van der Waals surface area contributed by atoms with E-state index in [1.165, 1.54) is 16.7 Å². The molecule has 1 saturated heterocycles. The Morgan fingerprint density at radius 3 is 2.42 bits per heavy atom. The number of benzene rings is 3. The summed E-state index contributed by atoms with van der Waals surface area (Å²) in [7, 11) is -4.75. The monoisotopic (exact) mass is 961 g/mol. The van der Waals surface area contributed by atoms with Gasteiger partial charge in [-0.1, -0.05) is 43.2 Å². The third-order valence-corrected chi connectivity index (χ3v) is 15.0. The van der Waals surface area contributed by atoms with Crippen LogP contribution < -0.4 is 24.0 Å². The van der Waals surface area contributed by atoms with Gasteiger partial charge in [0, 0.05) is 73.9 Å². The number of nitrogens with one attached hydrogen (secondary N) is 2. The van der Waals surface area contributed by atoms with E-state index in [1.807, 2.05) is 35.2 Å². The summed E-state index contributed by atoms with van der Waals surface area (Å²) in [5.74, 6) is -4.12. The Bertz CT molecular complexity index is 2860. The summed E-state index contributed by atoms with van der Waals surface area (Å²) in [5, 5.41) is 13.6. The van der Waals surface area contributed by atoms with Crippen LogP contribution in [0.5, 0.6) is 11.6 Å². The molecule has 14 nitrogen and oxygen atoms in total. The number of alkyl halides is 3. The van der Waals surface area contributed by atoms with Crippen molar-refractivity contribution in [2.45, 2.75) is 75.3 Å². The summed E-state index contributed by atoms with van der Waals surface area (Å²) in [5.41, 5.74) is 3.69. The first kappa shape index (κ1) is 46.3. The Morgan fingerprint density at radius 2 is 1.69 bits per heavy atom. The van der Waals surface area contributed by atoms with Crippen LogP contribution >= 0.6 is 11.6 Å². The van der Waals surface area contributed by atoms with Crippen molar-refractivity contribution in [2.75, 3.05) is 62.3 Å². The summed E-state index contributed by atoms with van der Waals surface area (Å²) >= 11 is 6.25. The van der Waals surface area contributed by atoms with E-state index in [4.69, 9.17) is 21.1 Å². The number of hydrogen-bond donors (Lipinski definition) is 2. The molecule has 0 atom stereocenters. The van der Waals surface area contributed by atoms with E-state index < -0.39 is 81.1 Å². The molecule has 2 N–H and O–H groups in total. The number of amides is 1. The second-order valence-electron chi connectivity index (χ2n) is 18.7. The van der Waals surface area contributed by atoms with E-state index in [9.17, 15) is 32.1 Å². The van der Waals surface area contributed by atoms with Crippen molar-refractivity contribution >= 4 is 66.9 Å². The van der Waals surface area contributed by atoms with Gasteiger partial charge in [0.2, 0.25) is 11.8 Å². The third-order valence-electron chi connectivity index (χ3n) is 13.4. The summed E-state index contributed by atoms with van der Waals surface area (Å²) in [6.07, 6.45) is 2.49. The molecule has 2 fully saturated rings. The maximum atomic E-state index is 15.3. The predicted molar refractivity (Wildman–Crippen MR) is 250 cm³/mol. The van der Waals surface area contributed by atoms with Crippen LogP contribution in [0.15, 0.2) is 89.5 Å².